The summed E-state index contributed by atoms with van der Waals surface area (Å²) in [6.07, 6.45) is 0. The van der Waals surface area contributed by atoms with Crippen molar-refractivity contribution in [2.24, 2.45) is 0 Å². The van der Waals surface area contributed by atoms with Crippen LogP contribution in [0.4, 0.5) is 0 Å². The van der Waals surface area contributed by atoms with Gasteiger partial charge >= 0.3 is 0 Å². The molecule has 5 aromatic heterocycles. The Morgan fingerprint density at radius 1 is 0.415 bits per heavy atom. The van der Waals surface area contributed by atoms with Crippen molar-refractivity contribution in [1.82, 2.24) is 18.7 Å². The molecule has 248 valence electrons. The summed E-state index contributed by atoms with van der Waals surface area (Å²) in [6, 6.07) is 58.7. The molecular formula is C48H30N4O. The number of aromatic nitrogens is 4. The van der Waals surface area contributed by atoms with Crippen molar-refractivity contribution in [2.75, 3.05) is 0 Å². The van der Waals surface area contributed by atoms with E-state index < -0.39 is 0 Å². The zero-order valence-corrected chi connectivity index (χ0v) is 28.8. The Hall–Kier alpha value is -7.11. The van der Waals surface area contributed by atoms with Crippen molar-refractivity contribution in [3.05, 3.63) is 169 Å². The van der Waals surface area contributed by atoms with Crippen molar-refractivity contribution in [1.29, 1.82) is 0 Å². The average molecular weight is 679 g/mol. The second-order valence-electron chi connectivity index (χ2n) is 14.1. The highest BCUT2D eigenvalue weighted by atomic mass is 16.3. The lowest BCUT2D eigenvalue weighted by atomic mass is 10.1. The molecule has 0 saturated heterocycles. The van der Waals surface area contributed by atoms with E-state index >= 15 is 0 Å². The number of hydrogen-bond donors (Lipinski definition) is 0. The van der Waals surface area contributed by atoms with Crippen LogP contribution in [0.2, 0.25) is 0 Å². The number of fused-ring (bicyclic) bond motifs is 12. The predicted molar refractivity (Wildman–Crippen MR) is 219 cm³/mol. The summed E-state index contributed by atoms with van der Waals surface area (Å²) in [5, 5.41) is 8.29. The minimum Gasteiger partial charge on any atom is -0.452 e. The van der Waals surface area contributed by atoms with Crippen LogP contribution in [0.15, 0.2) is 168 Å². The third kappa shape index (κ3) is 3.88. The molecule has 0 spiro atoms. The van der Waals surface area contributed by atoms with Gasteiger partial charge in [0.05, 0.1) is 38.8 Å². The third-order valence-electron chi connectivity index (χ3n) is 11.1. The molecule has 12 rings (SSSR count). The molecular weight excluding hydrogens is 649 g/mol. The zero-order chi connectivity index (χ0) is 34.8. The predicted octanol–water partition coefficient (Wildman–Crippen LogP) is 12.6. The van der Waals surface area contributed by atoms with Gasteiger partial charge in [-0.1, -0.05) is 96.6 Å². The maximum Gasteiger partial charge on any atom is 0.178 e. The van der Waals surface area contributed by atoms with Crippen molar-refractivity contribution < 1.29 is 4.42 Å². The number of hydrogen-bond acceptors (Lipinski definition) is 2. The molecule has 0 saturated carbocycles. The maximum absolute atomic E-state index is 6.75. The molecule has 53 heavy (non-hydrogen) atoms. The maximum atomic E-state index is 6.75. The highest BCUT2D eigenvalue weighted by Crippen LogP contribution is 2.41. The van der Waals surface area contributed by atoms with Gasteiger partial charge in [-0.2, -0.15) is 0 Å². The molecule has 0 unspecified atom stereocenters. The molecule has 5 heteroatoms. The molecule has 5 nitrogen and oxygen atoms in total. The normalized spacial score (nSPS) is 12.2. The Balaban J connectivity index is 1.19. The van der Waals surface area contributed by atoms with Gasteiger partial charge in [-0.25, -0.2) is 4.98 Å². The summed E-state index contributed by atoms with van der Waals surface area (Å²) in [5.41, 5.74) is 12.6. The fourth-order valence-electron chi connectivity index (χ4n) is 8.83. The molecule has 0 bridgehead atoms. The van der Waals surface area contributed by atoms with Crippen LogP contribution in [0.25, 0.3) is 105 Å². The Morgan fingerprint density at radius 2 is 0.906 bits per heavy atom. The Labute approximate surface area is 303 Å². The zero-order valence-electron chi connectivity index (χ0n) is 28.8. The summed E-state index contributed by atoms with van der Waals surface area (Å²) < 4.78 is 13.8. The topological polar surface area (TPSA) is 40.8 Å². The number of pyridine rings is 1. The molecule has 7 aromatic carbocycles. The van der Waals surface area contributed by atoms with E-state index in [1.54, 1.807) is 0 Å². The van der Waals surface area contributed by atoms with E-state index in [0.29, 0.717) is 0 Å². The number of aryl methyl sites for hydroxylation is 1. The lowest BCUT2D eigenvalue weighted by Crippen LogP contribution is -2.02. The molecule has 0 atom stereocenters. The van der Waals surface area contributed by atoms with Crippen LogP contribution >= 0.6 is 0 Å². The number of furan rings is 1. The molecule has 0 aliphatic rings. The summed E-state index contributed by atoms with van der Waals surface area (Å²) in [4.78, 5) is 5.42. The van der Waals surface area contributed by atoms with Crippen molar-refractivity contribution in [2.45, 2.75) is 6.92 Å². The summed E-state index contributed by atoms with van der Waals surface area (Å²) in [5.74, 6) is 0.849. The van der Waals surface area contributed by atoms with Gasteiger partial charge in [0.25, 0.3) is 0 Å². The smallest absolute Gasteiger partial charge is 0.178 e. The molecule has 0 fully saturated rings. The van der Waals surface area contributed by atoms with Crippen molar-refractivity contribution in [3.63, 3.8) is 0 Å². The molecule has 12 aromatic rings. The van der Waals surface area contributed by atoms with Gasteiger partial charge in [0.2, 0.25) is 0 Å². The molecule has 0 radical (unpaired) electrons. The van der Waals surface area contributed by atoms with Gasteiger partial charge < -0.3 is 13.6 Å². The van der Waals surface area contributed by atoms with Gasteiger partial charge in [-0.15, -0.1) is 0 Å². The molecule has 0 aliphatic heterocycles. The Kier molecular flexibility index (Phi) is 5.64. The van der Waals surface area contributed by atoms with Crippen LogP contribution in [0.3, 0.4) is 0 Å². The quantitative estimate of drug-likeness (QED) is 0.187. The van der Waals surface area contributed by atoms with E-state index in [1.165, 1.54) is 48.9 Å². The number of rotatable bonds is 3. The first-order valence-electron chi connectivity index (χ1n) is 18.1. The van der Waals surface area contributed by atoms with Gasteiger partial charge in [-0.3, -0.25) is 4.57 Å². The van der Waals surface area contributed by atoms with Crippen molar-refractivity contribution >= 4 is 87.5 Å². The van der Waals surface area contributed by atoms with Gasteiger partial charge in [0, 0.05) is 49.5 Å². The fraction of sp³-hybridized carbons (Fsp3) is 0.0208. The molecule has 0 amide bonds. The second kappa shape index (κ2) is 10.5. The first-order valence-corrected chi connectivity index (χ1v) is 18.1. The standard InChI is InChI=1S/C48H30N4O/c1-29-22-24-43-36(26-29)33-14-5-10-20-41(33)52(43)46-28-44(48-47(49-46)35-16-6-11-21-45(35)53-48)51-40-19-9-4-15-34(40)37-27-30(23-25-42(37)51)50-38-17-7-2-12-31(38)32-13-3-8-18-39(32)50/h2-28H,1H3. The molecule has 0 aliphatic carbocycles. The Bertz CT molecular complexity index is 3430. The largest absolute Gasteiger partial charge is 0.452 e. The summed E-state index contributed by atoms with van der Waals surface area (Å²) in [7, 11) is 0. The van der Waals surface area contributed by atoms with E-state index in [2.05, 4.69) is 172 Å². The first-order chi connectivity index (χ1) is 26.2. The minimum absolute atomic E-state index is 0.765. The lowest BCUT2D eigenvalue weighted by molar-refractivity contribution is 0.665. The van der Waals surface area contributed by atoms with Gasteiger partial charge in [0.1, 0.15) is 16.9 Å². The summed E-state index contributed by atoms with van der Waals surface area (Å²) in [6.45, 7) is 2.15. The first kappa shape index (κ1) is 28.6. The minimum atomic E-state index is 0.765. The third-order valence-corrected chi connectivity index (χ3v) is 11.1. The van der Waals surface area contributed by atoms with E-state index in [0.717, 1.165) is 61.3 Å². The number of para-hydroxylation sites is 5. The fourth-order valence-corrected chi connectivity index (χ4v) is 8.83. The van der Waals surface area contributed by atoms with E-state index in [9.17, 15) is 0 Å². The second-order valence-corrected chi connectivity index (χ2v) is 14.1. The number of nitrogens with zero attached hydrogens (tertiary/aromatic N) is 4. The van der Waals surface area contributed by atoms with Crippen LogP contribution in [-0.2, 0) is 0 Å². The van der Waals surface area contributed by atoms with Crippen LogP contribution in [0, 0.1) is 6.92 Å². The summed E-state index contributed by atoms with van der Waals surface area (Å²) >= 11 is 0. The van der Waals surface area contributed by atoms with Crippen LogP contribution < -0.4 is 0 Å². The van der Waals surface area contributed by atoms with E-state index in [4.69, 9.17) is 9.40 Å². The number of benzene rings is 7. The van der Waals surface area contributed by atoms with Crippen molar-refractivity contribution in [3.8, 4) is 17.2 Å². The van der Waals surface area contributed by atoms with Gasteiger partial charge in [0.15, 0.2) is 5.58 Å². The van der Waals surface area contributed by atoms with E-state index in [-0.39, 0.29) is 0 Å². The van der Waals surface area contributed by atoms with Crippen LogP contribution in [0.1, 0.15) is 5.56 Å². The van der Waals surface area contributed by atoms with E-state index in [1.807, 2.05) is 12.1 Å². The van der Waals surface area contributed by atoms with Crippen LogP contribution in [-0.4, -0.2) is 18.7 Å². The SMILES string of the molecule is Cc1ccc2c(c1)c1ccccc1n2-c1cc(-n2c3ccccc3c3cc(-n4c5ccccc5c5ccccc54)ccc32)c2oc3ccccc3c2n1. The monoisotopic (exact) mass is 678 g/mol. The highest BCUT2D eigenvalue weighted by Gasteiger charge is 2.23. The average Bonchev–Trinajstić information content (AvgIpc) is 3.94. The lowest BCUT2D eigenvalue weighted by Gasteiger charge is -2.13. The van der Waals surface area contributed by atoms with Crippen LogP contribution in [0.5, 0.6) is 0 Å². The molecule has 0 N–H and O–H groups in total. The molecule has 5 heterocycles. The van der Waals surface area contributed by atoms with Gasteiger partial charge in [-0.05, 0) is 73.7 Å². The Morgan fingerprint density at radius 3 is 1.58 bits per heavy atom. The highest BCUT2D eigenvalue weighted by molar-refractivity contribution is 6.14.